The Morgan fingerprint density at radius 1 is 0.759 bits per heavy atom. The van der Waals surface area contributed by atoms with Crippen LogP contribution in [-0.2, 0) is 9.59 Å². The van der Waals surface area contributed by atoms with E-state index in [4.69, 9.17) is 0 Å². The summed E-state index contributed by atoms with van der Waals surface area (Å²) in [5, 5.41) is 2.89. The van der Waals surface area contributed by atoms with Crippen molar-refractivity contribution in [1.29, 1.82) is 0 Å². The molecule has 4 heteroatoms. The third-order valence-corrected chi connectivity index (χ3v) is 4.90. The molecule has 0 bridgehead atoms. The molecule has 0 aromatic heterocycles. The molecule has 2 amide bonds. The molecule has 0 saturated heterocycles. The van der Waals surface area contributed by atoms with Gasteiger partial charge in [-0.25, -0.2) is 0 Å². The Morgan fingerprint density at radius 2 is 1.07 bits per heavy atom. The molecule has 0 aliphatic carbocycles. The Kier molecular flexibility index (Phi) is 25.0. The number of rotatable bonds is 19. The second-order valence-corrected chi connectivity index (χ2v) is 7.95. The first kappa shape index (κ1) is 29.6. The molecule has 4 nitrogen and oxygen atoms in total. The molecule has 0 unspecified atom stereocenters. The van der Waals surface area contributed by atoms with Gasteiger partial charge in [0.1, 0.15) is 0 Å². The Labute approximate surface area is 180 Å². The van der Waals surface area contributed by atoms with Gasteiger partial charge in [0.2, 0.25) is 11.8 Å². The summed E-state index contributed by atoms with van der Waals surface area (Å²) in [5.41, 5.74) is 5.14. The minimum atomic E-state index is -0.481. The van der Waals surface area contributed by atoms with E-state index in [2.05, 4.69) is 31.1 Å². The third kappa shape index (κ3) is 28.7. The first-order valence-electron chi connectivity index (χ1n) is 11.8. The van der Waals surface area contributed by atoms with Gasteiger partial charge in [-0.3, -0.25) is 9.59 Å². The molecule has 0 radical (unpaired) electrons. The molecule has 0 saturated carbocycles. The fourth-order valence-electron chi connectivity index (χ4n) is 3.03. The van der Waals surface area contributed by atoms with Crippen LogP contribution in [0.1, 0.15) is 117 Å². The number of carbonyl (C=O) groups is 2. The molecule has 0 atom stereocenters. The Bertz CT molecular complexity index is 419. The molecule has 3 N–H and O–H groups in total. The van der Waals surface area contributed by atoms with Crippen LogP contribution < -0.4 is 11.1 Å². The van der Waals surface area contributed by atoms with Crippen LogP contribution in [0.4, 0.5) is 0 Å². The van der Waals surface area contributed by atoms with Gasteiger partial charge < -0.3 is 11.1 Å². The molecule has 170 valence electrons. The molecular formula is C25H48N2O2. The van der Waals surface area contributed by atoms with Crippen LogP contribution in [0.25, 0.3) is 0 Å². The largest absolute Gasteiger partial charge is 0.366 e. The molecule has 0 aromatic carbocycles. The Morgan fingerprint density at radius 3 is 1.34 bits per heavy atom. The van der Waals surface area contributed by atoms with Crippen molar-refractivity contribution in [3.05, 3.63) is 24.8 Å². The number of hydrogen-bond acceptors (Lipinski definition) is 2. The molecule has 0 aromatic rings. The standard InChI is InChI=1S/C22H43NO.C3H5NO/c1-4-5-6-7-8-9-10-11-12-13-14-15-16-17-18-19-20-23-22(24)21(2)3;1-2-3(4)5/h2,4-20H2,1,3H3,(H,23,24);2H,1H2,(H2,4,5). The molecule has 0 spiro atoms. The number of nitrogens with two attached hydrogens (primary N) is 1. The van der Waals surface area contributed by atoms with Crippen LogP contribution in [-0.4, -0.2) is 18.4 Å². The SMILES string of the molecule is C=C(C)C(=O)NCCCCCCCCCCCCCCCCCC.C=CC(N)=O. The molecule has 29 heavy (non-hydrogen) atoms. The average Bonchev–Trinajstić information content (AvgIpc) is 2.70. The van der Waals surface area contributed by atoms with Crippen molar-refractivity contribution in [2.24, 2.45) is 5.73 Å². The molecule has 0 rings (SSSR count). The van der Waals surface area contributed by atoms with Gasteiger partial charge in [-0.2, -0.15) is 0 Å². The fraction of sp³-hybridized carbons (Fsp3) is 0.760. The van der Waals surface area contributed by atoms with E-state index in [0.717, 1.165) is 19.0 Å². The van der Waals surface area contributed by atoms with Crippen LogP contribution in [0, 0.1) is 0 Å². The zero-order valence-corrected chi connectivity index (χ0v) is 19.4. The minimum Gasteiger partial charge on any atom is -0.366 e. The lowest BCUT2D eigenvalue weighted by Gasteiger charge is -2.05. The second-order valence-electron chi connectivity index (χ2n) is 7.95. The van der Waals surface area contributed by atoms with E-state index in [9.17, 15) is 9.59 Å². The topological polar surface area (TPSA) is 72.2 Å². The van der Waals surface area contributed by atoms with Gasteiger partial charge in [-0.05, 0) is 19.4 Å². The predicted molar refractivity (Wildman–Crippen MR) is 127 cm³/mol. The summed E-state index contributed by atoms with van der Waals surface area (Å²) >= 11 is 0. The summed E-state index contributed by atoms with van der Waals surface area (Å²) in [5.74, 6) is -0.485. The quantitative estimate of drug-likeness (QED) is 0.187. The van der Waals surface area contributed by atoms with Crippen molar-refractivity contribution in [2.45, 2.75) is 117 Å². The van der Waals surface area contributed by atoms with Crippen LogP contribution in [0.15, 0.2) is 24.8 Å². The normalized spacial score (nSPS) is 10.0. The van der Waals surface area contributed by atoms with Gasteiger partial charge in [-0.1, -0.05) is 116 Å². The summed E-state index contributed by atoms with van der Waals surface area (Å²) in [6.45, 7) is 11.6. The zero-order valence-electron chi connectivity index (χ0n) is 19.4. The molecular weight excluding hydrogens is 360 g/mol. The van der Waals surface area contributed by atoms with Gasteiger partial charge in [0.05, 0.1) is 0 Å². The maximum atomic E-state index is 11.3. The summed E-state index contributed by atoms with van der Waals surface area (Å²) in [7, 11) is 0. The molecule has 0 heterocycles. The van der Waals surface area contributed by atoms with E-state index >= 15 is 0 Å². The van der Waals surface area contributed by atoms with Gasteiger partial charge >= 0.3 is 0 Å². The first-order valence-corrected chi connectivity index (χ1v) is 11.8. The van der Waals surface area contributed by atoms with Crippen molar-refractivity contribution in [1.82, 2.24) is 5.32 Å². The number of unbranched alkanes of at least 4 members (excludes halogenated alkanes) is 15. The Hall–Kier alpha value is -1.58. The lowest BCUT2D eigenvalue weighted by Crippen LogP contribution is -2.24. The minimum absolute atomic E-state index is 0.00374. The highest BCUT2D eigenvalue weighted by molar-refractivity contribution is 5.92. The van der Waals surface area contributed by atoms with Gasteiger partial charge in [0, 0.05) is 12.1 Å². The second kappa shape index (κ2) is 24.5. The summed E-state index contributed by atoms with van der Waals surface area (Å²) in [6, 6.07) is 0. The predicted octanol–water partition coefficient (Wildman–Crippen LogP) is 6.60. The smallest absolute Gasteiger partial charge is 0.246 e. The lowest BCUT2D eigenvalue weighted by atomic mass is 10.0. The van der Waals surface area contributed by atoms with Crippen molar-refractivity contribution in [2.75, 3.05) is 6.54 Å². The van der Waals surface area contributed by atoms with Gasteiger partial charge in [0.15, 0.2) is 0 Å². The van der Waals surface area contributed by atoms with Crippen molar-refractivity contribution in [3.8, 4) is 0 Å². The van der Waals surface area contributed by atoms with E-state index in [1.807, 2.05) is 0 Å². The zero-order chi connectivity index (χ0) is 22.2. The number of nitrogens with one attached hydrogen (secondary N) is 1. The Balaban J connectivity index is 0. The van der Waals surface area contributed by atoms with E-state index in [0.29, 0.717) is 5.57 Å². The van der Waals surface area contributed by atoms with E-state index in [1.165, 1.54) is 96.3 Å². The van der Waals surface area contributed by atoms with Crippen LogP contribution >= 0.6 is 0 Å². The number of hydrogen-bond donors (Lipinski definition) is 2. The van der Waals surface area contributed by atoms with Crippen molar-refractivity contribution in [3.63, 3.8) is 0 Å². The monoisotopic (exact) mass is 408 g/mol. The summed E-state index contributed by atoms with van der Waals surface area (Å²) < 4.78 is 0. The highest BCUT2D eigenvalue weighted by Gasteiger charge is 1.99. The molecule has 0 aliphatic rings. The van der Waals surface area contributed by atoms with Crippen LogP contribution in [0.3, 0.4) is 0 Å². The lowest BCUT2D eigenvalue weighted by molar-refractivity contribution is -0.117. The average molecular weight is 409 g/mol. The molecule has 0 aliphatic heterocycles. The summed E-state index contributed by atoms with van der Waals surface area (Å²) in [6.07, 6.45) is 23.1. The van der Waals surface area contributed by atoms with Crippen LogP contribution in [0.5, 0.6) is 0 Å². The van der Waals surface area contributed by atoms with Crippen LogP contribution in [0.2, 0.25) is 0 Å². The third-order valence-electron chi connectivity index (χ3n) is 4.90. The van der Waals surface area contributed by atoms with Gasteiger partial charge in [-0.15, -0.1) is 0 Å². The summed E-state index contributed by atoms with van der Waals surface area (Å²) in [4.78, 5) is 20.8. The van der Waals surface area contributed by atoms with Gasteiger partial charge in [0.25, 0.3) is 0 Å². The highest BCUT2D eigenvalue weighted by atomic mass is 16.1. The number of primary amides is 1. The first-order chi connectivity index (χ1) is 14.0. The number of carbonyl (C=O) groups excluding carboxylic acids is 2. The maximum absolute atomic E-state index is 11.3. The van der Waals surface area contributed by atoms with Crippen molar-refractivity contribution < 1.29 is 9.59 Å². The van der Waals surface area contributed by atoms with E-state index < -0.39 is 5.91 Å². The molecule has 0 fully saturated rings. The van der Waals surface area contributed by atoms with E-state index in [-0.39, 0.29) is 5.91 Å². The van der Waals surface area contributed by atoms with E-state index in [1.54, 1.807) is 6.92 Å². The highest BCUT2D eigenvalue weighted by Crippen LogP contribution is 2.13. The maximum Gasteiger partial charge on any atom is 0.246 e. The van der Waals surface area contributed by atoms with Crippen molar-refractivity contribution >= 4 is 11.8 Å². The fourth-order valence-corrected chi connectivity index (χ4v) is 3.03. The number of amides is 2.